The number of halogens is 1. The van der Waals surface area contributed by atoms with E-state index in [1.807, 2.05) is 0 Å². The van der Waals surface area contributed by atoms with Crippen molar-refractivity contribution < 1.29 is 0 Å². The molecule has 2 aromatic rings. The fraction of sp³-hybridized carbons (Fsp3) is 0.333. The van der Waals surface area contributed by atoms with Crippen molar-refractivity contribution in [2.75, 3.05) is 5.32 Å². The standard InChI is InChI=1S/C18H22BrN/c1-13(2)11-18(15-7-5-4-6-8-15)20-17-10-9-14(3)12-16(17)19/h4-10,12-13,18,20H,11H2,1-3H3. The second-order valence-corrected chi connectivity index (χ2v) is 6.57. The van der Waals surface area contributed by atoms with E-state index in [1.165, 1.54) is 11.1 Å². The van der Waals surface area contributed by atoms with Crippen molar-refractivity contribution in [2.24, 2.45) is 5.92 Å². The molecule has 0 saturated carbocycles. The Bertz CT molecular complexity index is 549. The van der Waals surface area contributed by atoms with E-state index in [0.29, 0.717) is 12.0 Å². The van der Waals surface area contributed by atoms with Gasteiger partial charge < -0.3 is 5.32 Å². The molecule has 1 N–H and O–H groups in total. The van der Waals surface area contributed by atoms with Crippen molar-refractivity contribution in [1.29, 1.82) is 0 Å². The lowest BCUT2D eigenvalue weighted by Gasteiger charge is -2.23. The summed E-state index contributed by atoms with van der Waals surface area (Å²) in [7, 11) is 0. The molecule has 106 valence electrons. The number of nitrogens with one attached hydrogen (secondary N) is 1. The van der Waals surface area contributed by atoms with E-state index in [-0.39, 0.29) is 0 Å². The molecule has 2 aromatic carbocycles. The summed E-state index contributed by atoms with van der Waals surface area (Å²) in [6.45, 7) is 6.64. The maximum atomic E-state index is 3.68. The van der Waals surface area contributed by atoms with Crippen LogP contribution in [-0.4, -0.2) is 0 Å². The fourth-order valence-corrected chi connectivity index (χ4v) is 2.97. The van der Waals surface area contributed by atoms with Crippen LogP contribution in [0.3, 0.4) is 0 Å². The zero-order chi connectivity index (χ0) is 14.5. The molecule has 0 spiro atoms. The second kappa shape index (κ2) is 6.94. The fourth-order valence-electron chi connectivity index (χ4n) is 2.36. The molecule has 1 unspecified atom stereocenters. The summed E-state index contributed by atoms with van der Waals surface area (Å²) in [5.74, 6) is 0.650. The molecule has 0 fully saturated rings. The average molecular weight is 332 g/mol. The van der Waals surface area contributed by atoms with E-state index >= 15 is 0 Å². The highest BCUT2D eigenvalue weighted by molar-refractivity contribution is 9.10. The van der Waals surface area contributed by atoms with Crippen LogP contribution in [0.5, 0.6) is 0 Å². The minimum atomic E-state index is 0.343. The summed E-state index contributed by atoms with van der Waals surface area (Å²) in [5.41, 5.74) is 3.77. The van der Waals surface area contributed by atoms with E-state index < -0.39 is 0 Å². The summed E-state index contributed by atoms with van der Waals surface area (Å²) in [4.78, 5) is 0. The van der Waals surface area contributed by atoms with Gasteiger partial charge in [0.1, 0.15) is 0 Å². The first-order valence-electron chi connectivity index (χ1n) is 7.14. The molecule has 0 amide bonds. The minimum Gasteiger partial charge on any atom is -0.377 e. The van der Waals surface area contributed by atoms with Crippen molar-refractivity contribution in [3.05, 3.63) is 64.1 Å². The number of hydrogen-bond donors (Lipinski definition) is 1. The highest BCUT2D eigenvalue weighted by Crippen LogP contribution is 2.30. The first-order chi connectivity index (χ1) is 9.56. The minimum absolute atomic E-state index is 0.343. The van der Waals surface area contributed by atoms with Crippen LogP contribution >= 0.6 is 15.9 Å². The lowest BCUT2D eigenvalue weighted by molar-refractivity contribution is 0.531. The maximum Gasteiger partial charge on any atom is 0.0516 e. The summed E-state index contributed by atoms with van der Waals surface area (Å²) in [6, 6.07) is 17.5. The van der Waals surface area contributed by atoms with Crippen LogP contribution in [0.2, 0.25) is 0 Å². The van der Waals surface area contributed by atoms with Crippen molar-refractivity contribution in [1.82, 2.24) is 0 Å². The third-order valence-electron chi connectivity index (χ3n) is 3.36. The smallest absolute Gasteiger partial charge is 0.0516 e. The highest BCUT2D eigenvalue weighted by Gasteiger charge is 2.14. The molecule has 2 rings (SSSR count). The summed E-state index contributed by atoms with van der Waals surface area (Å²) < 4.78 is 1.13. The van der Waals surface area contributed by atoms with Gasteiger partial charge in [-0.2, -0.15) is 0 Å². The van der Waals surface area contributed by atoms with Gasteiger partial charge in [0.15, 0.2) is 0 Å². The maximum absolute atomic E-state index is 3.68. The Kier molecular flexibility index (Phi) is 5.24. The number of anilines is 1. The topological polar surface area (TPSA) is 12.0 Å². The van der Waals surface area contributed by atoms with Gasteiger partial charge in [-0.05, 0) is 58.5 Å². The molecular weight excluding hydrogens is 310 g/mol. The van der Waals surface area contributed by atoms with Gasteiger partial charge in [0.25, 0.3) is 0 Å². The van der Waals surface area contributed by atoms with Gasteiger partial charge in [0.05, 0.1) is 6.04 Å². The third-order valence-corrected chi connectivity index (χ3v) is 4.02. The summed E-state index contributed by atoms with van der Waals surface area (Å²) >= 11 is 3.65. The Morgan fingerprint density at radius 1 is 1.05 bits per heavy atom. The number of aryl methyl sites for hydroxylation is 1. The Morgan fingerprint density at radius 2 is 1.75 bits per heavy atom. The normalized spacial score (nSPS) is 12.4. The van der Waals surface area contributed by atoms with E-state index in [0.717, 1.165) is 16.6 Å². The van der Waals surface area contributed by atoms with Gasteiger partial charge in [-0.3, -0.25) is 0 Å². The predicted octanol–water partition coefficient (Wildman–Crippen LogP) is 5.96. The molecule has 0 aromatic heterocycles. The number of rotatable bonds is 5. The van der Waals surface area contributed by atoms with Crippen LogP contribution in [-0.2, 0) is 0 Å². The largest absolute Gasteiger partial charge is 0.377 e. The first-order valence-corrected chi connectivity index (χ1v) is 7.93. The lowest BCUT2D eigenvalue weighted by atomic mass is 9.96. The second-order valence-electron chi connectivity index (χ2n) is 5.72. The van der Waals surface area contributed by atoms with Crippen LogP contribution in [0.1, 0.15) is 37.4 Å². The molecule has 2 heteroatoms. The molecule has 0 aliphatic heterocycles. The van der Waals surface area contributed by atoms with E-state index in [9.17, 15) is 0 Å². The molecule has 0 aliphatic rings. The van der Waals surface area contributed by atoms with Gasteiger partial charge in [-0.1, -0.05) is 50.2 Å². The van der Waals surface area contributed by atoms with E-state index in [4.69, 9.17) is 0 Å². The first kappa shape index (κ1) is 15.1. The molecule has 0 saturated heterocycles. The third kappa shape index (κ3) is 4.11. The van der Waals surface area contributed by atoms with Crippen LogP contribution in [0.4, 0.5) is 5.69 Å². The monoisotopic (exact) mass is 331 g/mol. The van der Waals surface area contributed by atoms with Gasteiger partial charge in [-0.15, -0.1) is 0 Å². The van der Waals surface area contributed by atoms with Crippen LogP contribution < -0.4 is 5.32 Å². The average Bonchev–Trinajstić information content (AvgIpc) is 2.41. The molecule has 20 heavy (non-hydrogen) atoms. The molecule has 0 aliphatic carbocycles. The van der Waals surface area contributed by atoms with Crippen molar-refractivity contribution >= 4 is 21.6 Å². The van der Waals surface area contributed by atoms with Gasteiger partial charge >= 0.3 is 0 Å². The molecule has 1 atom stereocenters. The van der Waals surface area contributed by atoms with Crippen molar-refractivity contribution in [2.45, 2.75) is 33.2 Å². The molecule has 0 heterocycles. The highest BCUT2D eigenvalue weighted by atomic mass is 79.9. The van der Waals surface area contributed by atoms with Crippen LogP contribution in [0, 0.1) is 12.8 Å². The molecule has 0 bridgehead atoms. The molecule has 0 radical (unpaired) electrons. The Hall–Kier alpha value is -1.28. The lowest BCUT2D eigenvalue weighted by Crippen LogP contribution is -2.13. The molecule has 1 nitrogen and oxygen atoms in total. The Labute approximate surface area is 130 Å². The zero-order valence-corrected chi connectivity index (χ0v) is 13.9. The number of benzene rings is 2. The van der Waals surface area contributed by atoms with Crippen molar-refractivity contribution in [3.8, 4) is 0 Å². The van der Waals surface area contributed by atoms with Crippen LogP contribution in [0.15, 0.2) is 53.0 Å². The Balaban J connectivity index is 2.24. The SMILES string of the molecule is Cc1ccc(NC(CC(C)C)c2ccccc2)c(Br)c1. The van der Waals surface area contributed by atoms with Crippen molar-refractivity contribution in [3.63, 3.8) is 0 Å². The van der Waals surface area contributed by atoms with Crippen LogP contribution in [0.25, 0.3) is 0 Å². The van der Waals surface area contributed by atoms with E-state index in [2.05, 4.69) is 90.5 Å². The molecular formula is C18H22BrN. The van der Waals surface area contributed by atoms with E-state index in [1.54, 1.807) is 0 Å². The summed E-state index contributed by atoms with van der Waals surface area (Å²) in [6.07, 6.45) is 1.12. The predicted molar refractivity (Wildman–Crippen MR) is 91.1 cm³/mol. The summed E-state index contributed by atoms with van der Waals surface area (Å²) in [5, 5.41) is 3.68. The van der Waals surface area contributed by atoms with Gasteiger partial charge in [-0.25, -0.2) is 0 Å². The number of hydrogen-bond acceptors (Lipinski definition) is 1. The Morgan fingerprint density at radius 3 is 2.35 bits per heavy atom. The zero-order valence-electron chi connectivity index (χ0n) is 12.4. The van der Waals surface area contributed by atoms with Gasteiger partial charge in [0.2, 0.25) is 0 Å². The quantitative estimate of drug-likeness (QED) is 0.713. The van der Waals surface area contributed by atoms with Gasteiger partial charge in [0, 0.05) is 10.2 Å².